The summed E-state index contributed by atoms with van der Waals surface area (Å²) in [5, 5.41) is 10.3. The van der Waals surface area contributed by atoms with Gasteiger partial charge in [0.2, 0.25) is 5.91 Å². The molecule has 0 saturated heterocycles. The van der Waals surface area contributed by atoms with Crippen LogP contribution in [0.15, 0.2) is 6.33 Å². The molecule has 1 heterocycles. The Bertz CT molecular complexity index is 342. The lowest BCUT2D eigenvalue weighted by atomic mass is 10.3. The second-order valence-electron chi connectivity index (χ2n) is 3.25. The van der Waals surface area contributed by atoms with Crippen molar-refractivity contribution < 1.29 is 9.53 Å². The molecule has 0 spiro atoms. The molecule has 0 aromatic carbocycles. The van der Waals surface area contributed by atoms with E-state index in [0.717, 1.165) is 0 Å². The van der Waals surface area contributed by atoms with Gasteiger partial charge in [0.05, 0.1) is 12.5 Å². The number of carbonyl (C=O) groups is 1. The lowest BCUT2D eigenvalue weighted by molar-refractivity contribution is -0.124. The van der Waals surface area contributed by atoms with Gasteiger partial charge >= 0.3 is 0 Å². The normalized spacial score (nSPS) is 12.4. The fraction of sp³-hybridized carbons (Fsp3) is 0.667. The number of nitrogens with zero attached hydrogens (tertiary/aromatic N) is 3. The molecule has 0 aliphatic carbocycles. The van der Waals surface area contributed by atoms with Crippen LogP contribution in [0.25, 0.3) is 0 Å². The van der Waals surface area contributed by atoms with Crippen molar-refractivity contribution in [3.8, 4) is 0 Å². The number of aromatic nitrogens is 3. The summed E-state index contributed by atoms with van der Waals surface area (Å²) in [6, 6.07) is -0.374. The van der Waals surface area contributed by atoms with E-state index in [4.69, 9.17) is 16.3 Å². The summed E-state index contributed by atoms with van der Waals surface area (Å²) < 4.78 is 6.49. The molecule has 1 N–H and O–H groups in total. The first kappa shape index (κ1) is 12.9. The van der Waals surface area contributed by atoms with Gasteiger partial charge < -0.3 is 14.6 Å². The van der Waals surface area contributed by atoms with Gasteiger partial charge in [-0.15, -0.1) is 21.8 Å². The van der Waals surface area contributed by atoms with Crippen molar-refractivity contribution in [2.24, 2.45) is 0 Å². The van der Waals surface area contributed by atoms with Gasteiger partial charge in [0.1, 0.15) is 18.2 Å². The first-order chi connectivity index (χ1) is 7.70. The minimum atomic E-state index is -0.374. The van der Waals surface area contributed by atoms with Gasteiger partial charge in [-0.2, -0.15) is 0 Å². The fourth-order valence-corrected chi connectivity index (χ4v) is 1.43. The number of hydrogen-bond acceptors (Lipinski definition) is 4. The molecule has 90 valence electrons. The van der Waals surface area contributed by atoms with Crippen molar-refractivity contribution in [1.29, 1.82) is 0 Å². The number of ether oxygens (including phenoxy) is 1. The Balaban J connectivity index is 2.56. The quantitative estimate of drug-likeness (QED) is 0.581. The smallest absolute Gasteiger partial charge is 0.242 e. The molecule has 1 rings (SSSR count). The molecule has 0 fully saturated rings. The highest BCUT2D eigenvalue weighted by atomic mass is 35.5. The summed E-state index contributed by atoms with van der Waals surface area (Å²) >= 11 is 5.67. The van der Waals surface area contributed by atoms with Gasteiger partial charge in [-0.25, -0.2) is 0 Å². The van der Waals surface area contributed by atoms with E-state index in [9.17, 15) is 4.79 Å². The van der Waals surface area contributed by atoms with E-state index < -0.39 is 0 Å². The third-order valence-electron chi connectivity index (χ3n) is 2.17. The lowest BCUT2D eigenvalue weighted by Gasteiger charge is -2.14. The van der Waals surface area contributed by atoms with E-state index in [1.165, 1.54) is 6.33 Å². The largest absolute Gasteiger partial charge is 0.383 e. The number of amides is 1. The molecule has 1 amide bonds. The molecular weight excluding hydrogens is 232 g/mol. The summed E-state index contributed by atoms with van der Waals surface area (Å²) in [6.45, 7) is 2.74. The van der Waals surface area contributed by atoms with Gasteiger partial charge in [-0.05, 0) is 6.92 Å². The van der Waals surface area contributed by atoms with E-state index in [0.29, 0.717) is 19.0 Å². The van der Waals surface area contributed by atoms with Crippen molar-refractivity contribution in [3.05, 3.63) is 12.2 Å². The van der Waals surface area contributed by atoms with Crippen molar-refractivity contribution in [2.75, 3.05) is 20.3 Å². The Morgan fingerprint density at radius 2 is 2.50 bits per heavy atom. The zero-order chi connectivity index (χ0) is 12.0. The predicted octanol–water partition coefficient (Wildman–Crippen LogP) is 0.340. The standard InChI is InChI=1S/C9H15ClN4O2/c1-7(9(15)11-3-4-16-2)14-6-12-13-8(14)5-10/h6-7H,3-5H2,1-2H3,(H,11,15). The van der Waals surface area contributed by atoms with Gasteiger partial charge in [-0.1, -0.05) is 0 Å². The highest BCUT2D eigenvalue weighted by molar-refractivity contribution is 6.16. The Hall–Kier alpha value is -1.14. The molecule has 1 aromatic heterocycles. The van der Waals surface area contributed by atoms with Crippen LogP contribution < -0.4 is 5.32 Å². The molecule has 0 saturated carbocycles. The summed E-state index contributed by atoms with van der Waals surface area (Å²) in [6.07, 6.45) is 1.50. The average molecular weight is 247 g/mol. The topological polar surface area (TPSA) is 69.0 Å². The highest BCUT2D eigenvalue weighted by Gasteiger charge is 2.17. The van der Waals surface area contributed by atoms with Crippen molar-refractivity contribution in [2.45, 2.75) is 18.8 Å². The van der Waals surface area contributed by atoms with E-state index in [1.807, 2.05) is 0 Å². The molecule has 1 aromatic rings. The molecule has 0 aliphatic heterocycles. The molecule has 0 bridgehead atoms. The first-order valence-corrected chi connectivity index (χ1v) is 5.45. The van der Waals surface area contributed by atoms with Gasteiger partial charge in [0, 0.05) is 13.7 Å². The van der Waals surface area contributed by atoms with E-state index >= 15 is 0 Å². The first-order valence-electron chi connectivity index (χ1n) is 4.91. The minimum absolute atomic E-state index is 0.108. The SMILES string of the molecule is COCCNC(=O)C(C)n1cnnc1CCl. The fourth-order valence-electron chi connectivity index (χ4n) is 1.24. The maximum Gasteiger partial charge on any atom is 0.242 e. The van der Waals surface area contributed by atoms with Gasteiger partial charge in [-0.3, -0.25) is 4.79 Å². The van der Waals surface area contributed by atoms with Crippen LogP contribution in [-0.2, 0) is 15.4 Å². The Morgan fingerprint density at radius 3 is 3.12 bits per heavy atom. The van der Waals surface area contributed by atoms with Crippen LogP contribution in [-0.4, -0.2) is 40.9 Å². The van der Waals surface area contributed by atoms with Crippen molar-refractivity contribution >= 4 is 17.5 Å². The number of halogens is 1. The zero-order valence-corrected chi connectivity index (χ0v) is 10.1. The van der Waals surface area contributed by atoms with Crippen LogP contribution in [0.5, 0.6) is 0 Å². The zero-order valence-electron chi connectivity index (χ0n) is 9.31. The van der Waals surface area contributed by atoms with Crippen molar-refractivity contribution in [3.63, 3.8) is 0 Å². The number of alkyl halides is 1. The molecule has 1 atom stereocenters. The third-order valence-corrected chi connectivity index (χ3v) is 2.41. The molecular formula is C9H15ClN4O2. The predicted molar refractivity (Wildman–Crippen MR) is 59.2 cm³/mol. The average Bonchev–Trinajstić information content (AvgIpc) is 2.76. The van der Waals surface area contributed by atoms with Crippen LogP contribution in [0.3, 0.4) is 0 Å². The Morgan fingerprint density at radius 1 is 1.75 bits per heavy atom. The number of rotatable bonds is 6. The van der Waals surface area contributed by atoms with E-state index in [2.05, 4.69) is 15.5 Å². The molecule has 7 heteroatoms. The van der Waals surface area contributed by atoms with E-state index in [-0.39, 0.29) is 17.8 Å². The second kappa shape index (κ2) is 6.44. The summed E-state index contributed by atoms with van der Waals surface area (Å²) in [4.78, 5) is 11.7. The highest BCUT2D eigenvalue weighted by Crippen LogP contribution is 2.09. The maximum absolute atomic E-state index is 11.7. The van der Waals surface area contributed by atoms with Crippen LogP contribution in [0.1, 0.15) is 18.8 Å². The van der Waals surface area contributed by atoms with Crippen LogP contribution in [0.4, 0.5) is 0 Å². The summed E-state index contributed by atoms with van der Waals surface area (Å²) in [5.74, 6) is 0.703. The van der Waals surface area contributed by atoms with Crippen molar-refractivity contribution in [1.82, 2.24) is 20.1 Å². The molecule has 1 unspecified atom stereocenters. The van der Waals surface area contributed by atoms with Crippen LogP contribution in [0, 0.1) is 0 Å². The lowest BCUT2D eigenvalue weighted by Crippen LogP contribution is -2.33. The molecule has 6 nitrogen and oxygen atoms in total. The van der Waals surface area contributed by atoms with Gasteiger partial charge in [0.25, 0.3) is 0 Å². The number of hydrogen-bond donors (Lipinski definition) is 1. The van der Waals surface area contributed by atoms with Crippen LogP contribution in [0.2, 0.25) is 0 Å². The summed E-state index contributed by atoms with van der Waals surface area (Å²) in [5.41, 5.74) is 0. The molecule has 0 radical (unpaired) electrons. The Kier molecular flexibility index (Phi) is 5.21. The maximum atomic E-state index is 11.7. The molecule has 16 heavy (non-hydrogen) atoms. The number of carbonyl (C=O) groups excluding carboxylic acids is 1. The minimum Gasteiger partial charge on any atom is -0.383 e. The third kappa shape index (κ3) is 3.18. The van der Waals surface area contributed by atoms with E-state index in [1.54, 1.807) is 18.6 Å². The van der Waals surface area contributed by atoms with Gasteiger partial charge in [0.15, 0.2) is 0 Å². The monoisotopic (exact) mass is 246 g/mol. The molecule has 0 aliphatic rings. The second-order valence-corrected chi connectivity index (χ2v) is 3.52. The number of nitrogens with one attached hydrogen (secondary N) is 1. The number of methoxy groups -OCH3 is 1. The van der Waals surface area contributed by atoms with Crippen LogP contribution >= 0.6 is 11.6 Å². The summed E-state index contributed by atoms with van der Waals surface area (Å²) in [7, 11) is 1.58. The Labute approximate surface area is 98.9 Å².